The van der Waals surface area contributed by atoms with Crippen LogP contribution in [0.15, 0.2) is 16.7 Å². The molecule has 0 aromatic carbocycles. The highest BCUT2D eigenvalue weighted by atomic mass is 16.5. The van der Waals surface area contributed by atoms with Crippen LogP contribution in [0.3, 0.4) is 0 Å². The van der Waals surface area contributed by atoms with Crippen LogP contribution >= 0.6 is 0 Å². The summed E-state index contributed by atoms with van der Waals surface area (Å²) in [6, 6.07) is 1.47. The molecule has 0 aliphatic heterocycles. The largest absolute Gasteiger partial charge is 0.478 e. The van der Waals surface area contributed by atoms with Crippen LogP contribution in [0.2, 0.25) is 0 Å². The Morgan fingerprint density at radius 1 is 1.57 bits per heavy atom. The SMILES string of the molecule is CC(C)(C)OCc1cc(C(=O)O)co1. The lowest BCUT2D eigenvalue weighted by Gasteiger charge is -2.18. The highest BCUT2D eigenvalue weighted by molar-refractivity contribution is 5.87. The van der Waals surface area contributed by atoms with Gasteiger partial charge in [-0.05, 0) is 26.8 Å². The molecule has 4 heteroatoms. The van der Waals surface area contributed by atoms with Gasteiger partial charge >= 0.3 is 5.97 Å². The molecular formula is C10H14O4. The van der Waals surface area contributed by atoms with E-state index in [1.165, 1.54) is 12.3 Å². The maximum atomic E-state index is 10.5. The highest BCUT2D eigenvalue weighted by Gasteiger charge is 2.13. The molecule has 78 valence electrons. The molecular weight excluding hydrogens is 184 g/mol. The number of rotatable bonds is 3. The molecule has 0 unspecified atom stereocenters. The molecule has 0 fully saturated rings. The molecule has 0 amide bonds. The Labute approximate surface area is 82.5 Å². The van der Waals surface area contributed by atoms with Crippen molar-refractivity contribution < 1.29 is 19.1 Å². The molecule has 1 rings (SSSR count). The van der Waals surface area contributed by atoms with E-state index in [1.807, 2.05) is 20.8 Å². The van der Waals surface area contributed by atoms with Crippen molar-refractivity contribution >= 4 is 5.97 Å². The van der Waals surface area contributed by atoms with Crippen LogP contribution in [0.25, 0.3) is 0 Å². The second-order valence-corrected chi connectivity index (χ2v) is 4.01. The molecule has 0 saturated carbocycles. The molecule has 0 saturated heterocycles. The van der Waals surface area contributed by atoms with Gasteiger partial charge in [0.05, 0.1) is 11.2 Å². The van der Waals surface area contributed by atoms with E-state index in [2.05, 4.69) is 0 Å². The molecule has 0 aliphatic carbocycles. The Balaban J connectivity index is 2.56. The van der Waals surface area contributed by atoms with E-state index in [-0.39, 0.29) is 17.8 Å². The number of hydrogen-bond acceptors (Lipinski definition) is 3. The van der Waals surface area contributed by atoms with Crippen LogP contribution < -0.4 is 0 Å². The molecule has 1 aromatic rings. The van der Waals surface area contributed by atoms with Crippen LogP contribution in [0.1, 0.15) is 36.9 Å². The van der Waals surface area contributed by atoms with Gasteiger partial charge < -0.3 is 14.3 Å². The van der Waals surface area contributed by atoms with Gasteiger partial charge in [-0.15, -0.1) is 0 Å². The van der Waals surface area contributed by atoms with Crippen molar-refractivity contribution in [1.29, 1.82) is 0 Å². The van der Waals surface area contributed by atoms with Crippen molar-refractivity contribution in [1.82, 2.24) is 0 Å². The minimum absolute atomic E-state index is 0.150. The Morgan fingerprint density at radius 3 is 2.64 bits per heavy atom. The van der Waals surface area contributed by atoms with Gasteiger partial charge in [-0.1, -0.05) is 0 Å². The molecule has 0 aliphatic rings. The first-order chi connectivity index (χ1) is 6.38. The number of ether oxygens (including phenoxy) is 1. The zero-order valence-electron chi connectivity index (χ0n) is 8.53. The first kappa shape index (κ1) is 10.8. The number of furan rings is 1. The maximum Gasteiger partial charge on any atom is 0.338 e. The van der Waals surface area contributed by atoms with Gasteiger partial charge in [0.25, 0.3) is 0 Å². The van der Waals surface area contributed by atoms with Gasteiger partial charge in [-0.2, -0.15) is 0 Å². The minimum atomic E-state index is -0.990. The first-order valence-electron chi connectivity index (χ1n) is 4.33. The highest BCUT2D eigenvalue weighted by Crippen LogP contribution is 2.14. The molecule has 1 N–H and O–H groups in total. The zero-order chi connectivity index (χ0) is 10.8. The van der Waals surface area contributed by atoms with Crippen molar-refractivity contribution in [2.45, 2.75) is 33.0 Å². The van der Waals surface area contributed by atoms with E-state index in [1.54, 1.807) is 0 Å². The molecule has 4 nitrogen and oxygen atoms in total. The molecule has 0 bridgehead atoms. The van der Waals surface area contributed by atoms with Crippen LogP contribution in [-0.4, -0.2) is 16.7 Å². The predicted molar refractivity (Wildman–Crippen MR) is 50.2 cm³/mol. The number of hydrogen-bond donors (Lipinski definition) is 1. The number of carboxylic acids is 1. The second-order valence-electron chi connectivity index (χ2n) is 4.01. The molecule has 0 spiro atoms. The quantitative estimate of drug-likeness (QED) is 0.809. The van der Waals surface area contributed by atoms with Gasteiger partial charge in [0, 0.05) is 0 Å². The predicted octanol–water partition coefficient (Wildman–Crippen LogP) is 2.29. The van der Waals surface area contributed by atoms with Crippen molar-refractivity contribution in [3.05, 3.63) is 23.7 Å². The summed E-state index contributed by atoms with van der Waals surface area (Å²) < 4.78 is 10.4. The lowest BCUT2D eigenvalue weighted by Crippen LogP contribution is -2.18. The van der Waals surface area contributed by atoms with Crippen LogP contribution in [0, 0.1) is 0 Å². The number of aromatic carboxylic acids is 1. The monoisotopic (exact) mass is 198 g/mol. The molecule has 1 aromatic heterocycles. The summed E-state index contributed by atoms with van der Waals surface area (Å²) in [6.07, 6.45) is 1.21. The van der Waals surface area contributed by atoms with Gasteiger partial charge in [0.1, 0.15) is 18.6 Å². The first-order valence-corrected chi connectivity index (χ1v) is 4.33. The third-order valence-corrected chi connectivity index (χ3v) is 1.55. The standard InChI is InChI=1S/C10H14O4/c1-10(2,3)14-6-8-4-7(5-13-8)9(11)12/h4-5H,6H2,1-3H3,(H,11,12). The van der Waals surface area contributed by atoms with Crippen LogP contribution in [-0.2, 0) is 11.3 Å². The van der Waals surface area contributed by atoms with Crippen molar-refractivity contribution in [3.63, 3.8) is 0 Å². The number of carbonyl (C=O) groups is 1. The summed E-state index contributed by atoms with van der Waals surface area (Å²) in [5.41, 5.74) is -0.103. The van der Waals surface area contributed by atoms with Gasteiger partial charge in [0.15, 0.2) is 0 Å². The van der Waals surface area contributed by atoms with Crippen molar-refractivity contribution in [2.75, 3.05) is 0 Å². The van der Waals surface area contributed by atoms with E-state index >= 15 is 0 Å². The Kier molecular flexibility index (Phi) is 2.96. The Hall–Kier alpha value is -1.29. The fourth-order valence-electron chi connectivity index (χ4n) is 0.856. The summed E-state index contributed by atoms with van der Waals surface area (Å²) in [5.74, 6) is -0.465. The summed E-state index contributed by atoms with van der Waals surface area (Å²) >= 11 is 0. The lowest BCUT2D eigenvalue weighted by atomic mass is 10.2. The smallest absolute Gasteiger partial charge is 0.338 e. The molecule has 14 heavy (non-hydrogen) atoms. The summed E-state index contributed by atoms with van der Waals surface area (Å²) in [4.78, 5) is 10.5. The molecule has 1 heterocycles. The van der Waals surface area contributed by atoms with E-state index in [9.17, 15) is 4.79 Å². The second kappa shape index (κ2) is 3.84. The van der Waals surface area contributed by atoms with E-state index in [0.717, 1.165) is 0 Å². The third-order valence-electron chi connectivity index (χ3n) is 1.55. The fourth-order valence-corrected chi connectivity index (χ4v) is 0.856. The normalized spacial score (nSPS) is 11.6. The van der Waals surface area contributed by atoms with Gasteiger partial charge in [0.2, 0.25) is 0 Å². The van der Waals surface area contributed by atoms with Gasteiger partial charge in [-0.3, -0.25) is 0 Å². The van der Waals surface area contributed by atoms with E-state index in [0.29, 0.717) is 5.76 Å². The fraction of sp³-hybridized carbons (Fsp3) is 0.500. The number of carboxylic acid groups (broad SMARTS) is 1. The Bertz CT molecular complexity index is 319. The van der Waals surface area contributed by atoms with Crippen molar-refractivity contribution in [3.8, 4) is 0 Å². The summed E-state index contributed by atoms with van der Waals surface area (Å²) in [6.45, 7) is 6.06. The lowest BCUT2D eigenvalue weighted by molar-refractivity contribution is -0.0224. The topological polar surface area (TPSA) is 59.7 Å². The maximum absolute atomic E-state index is 10.5. The summed E-state index contributed by atoms with van der Waals surface area (Å²) in [7, 11) is 0. The van der Waals surface area contributed by atoms with Crippen LogP contribution in [0.5, 0.6) is 0 Å². The van der Waals surface area contributed by atoms with E-state index < -0.39 is 5.97 Å². The van der Waals surface area contributed by atoms with Crippen LogP contribution in [0.4, 0.5) is 0 Å². The molecule has 0 radical (unpaired) electrons. The van der Waals surface area contributed by atoms with Gasteiger partial charge in [-0.25, -0.2) is 4.79 Å². The summed E-state index contributed by atoms with van der Waals surface area (Å²) in [5, 5.41) is 8.63. The third kappa shape index (κ3) is 3.22. The average molecular weight is 198 g/mol. The van der Waals surface area contributed by atoms with Crippen molar-refractivity contribution in [2.24, 2.45) is 0 Å². The minimum Gasteiger partial charge on any atom is -0.478 e. The molecule has 0 atom stereocenters. The zero-order valence-corrected chi connectivity index (χ0v) is 8.53. The van der Waals surface area contributed by atoms with E-state index in [4.69, 9.17) is 14.3 Å². The Morgan fingerprint density at radius 2 is 2.21 bits per heavy atom. The average Bonchev–Trinajstić information content (AvgIpc) is 2.47.